The summed E-state index contributed by atoms with van der Waals surface area (Å²) in [6, 6.07) is 20.1. The number of hydrogen-bond acceptors (Lipinski definition) is 1. The monoisotopic (exact) mass is 287 g/mol. The van der Waals surface area contributed by atoms with E-state index in [0.717, 1.165) is 29.3 Å². The van der Waals surface area contributed by atoms with Crippen LogP contribution in [0, 0.1) is 0 Å². The third-order valence-electron chi connectivity index (χ3n) is 4.37. The van der Waals surface area contributed by atoms with Crippen LogP contribution in [0.5, 0.6) is 0 Å². The van der Waals surface area contributed by atoms with Gasteiger partial charge in [0.1, 0.15) is 0 Å². The summed E-state index contributed by atoms with van der Waals surface area (Å²) in [6.07, 6.45) is 3.50. The van der Waals surface area contributed by atoms with E-state index < -0.39 is 0 Å². The molecule has 3 aromatic carbocycles. The van der Waals surface area contributed by atoms with Crippen molar-refractivity contribution in [3.63, 3.8) is 0 Å². The molecule has 108 valence electrons. The van der Waals surface area contributed by atoms with E-state index in [1.54, 1.807) is 0 Å². The van der Waals surface area contributed by atoms with Crippen molar-refractivity contribution in [2.75, 3.05) is 5.32 Å². The van der Waals surface area contributed by atoms with E-state index in [1.807, 2.05) is 42.5 Å². The van der Waals surface area contributed by atoms with Crippen molar-refractivity contribution in [2.24, 2.45) is 0 Å². The van der Waals surface area contributed by atoms with Gasteiger partial charge in [-0.15, -0.1) is 0 Å². The Bertz CT molecular complexity index is 866. The summed E-state index contributed by atoms with van der Waals surface area (Å²) in [6.45, 7) is 0. The van der Waals surface area contributed by atoms with E-state index in [2.05, 4.69) is 23.5 Å². The lowest BCUT2D eigenvalue weighted by Crippen LogP contribution is -2.12. The molecule has 0 spiro atoms. The number of nitrogens with one attached hydrogen (secondary N) is 1. The Morgan fingerprint density at radius 3 is 2.55 bits per heavy atom. The first-order valence-electron chi connectivity index (χ1n) is 7.71. The fraction of sp³-hybridized carbons (Fsp3) is 0.150. The molecule has 0 heterocycles. The predicted molar refractivity (Wildman–Crippen MR) is 90.4 cm³/mol. The molecule has 0 aromatic heterocycles. The molecule has 2 nitrogen and oxygen atoms in total. The molecule has 1 N–H and O–H groups in total. The lowest BCUT2D eigenvalue weighted by Gasteiger charge is -2.08. The Morgan fingerprint density at radius 2 is 1.64 bits per heavy atom. The quantitative estimate of drug-likeness (QED) is 0.734. The summed E-state index contributed by atoms with van der Waals surface area (Å²) in [5.74, 6) is -0.0521. The van der Waals surface area contributed by atoms with Crippen molar-refractivity contribution >= 4 is 22.4 Å². The van der Waals surface area contributed by atoms with Gasteiger partial charge in [-0.3, -0.25) is 4.79 Å². The summed E-state index contributed by atoms with van der Waals surface area (Å²) in [4.78, 5) is 12.4. The zero-order chi connectivity index (χ0) is 14.9. The second-order valence-electron chi connectivity index (χ2n) is 5.85. The highest BCUT2D eigenvalue weighted by Crippen LogP contribution is 2.25. The summed E-state index contributed by atoms with van der Waals surface area (Å²) in [5.41, 5.74) is 4.37. The lowest BCUT2D eigenvalue weighted by molar-refractivity contribution is 0.102. The molecule has 1 aliphatic carbocycles. The Kier molecular flexibility index (Phi) is 3.15. The van der Waals surface area contributed by atoms with E-state index in [0.29, 0.717) is 5.56 Å². The van der Waals surface area contributed by atoms with Crippen LogP contribution in [0.2, 0.25) is 0 Å². The topological polar surface area (TPSA) is 29.1 Å². The molecular formula is C20H17NO. The molecule has 3 aromatic rings. The number of carbonyl (C=O) groups excluding carboxylic acids is 1. The van der Waals surface area contributed by atoms with Gasteiger partial charge in [-0.2, -0.15) is 0 Å². The Hall–Kier alpha value is -2.61. The van der Waals surface area contributed by atoms with Crippen LogP contribution in [0.4, 0.5) is 5.69 Å². The van der Waals surface area contributed by atoms with Crippen molar-refractivity contribution in [3.8, 4) is 0 Å². The van der Waals surface area contributed by atoms with E-state index in [9.17, 15) is 4.79 Å². The van der Waals surface area contributed by atoms with Crippen molar-refractivity contribution in [1.29, 1.82) is 0 Å². The Balaban J connectivity index is 1.60. The number of carbonyl (C=O) groups is 1. The summed E-state index contributed by atoms with van der Waals surface area (Å²) < 4.78 is 0. The molecule has 0 radical (unpaired) electrons. The minimum atomic E-state index is -0.0521. The molecule has 1 aliphatic rings. The highest BCUT2D eigenvalue weighted by molar-refractivity contribution is 6.06. The molecule has 2 heteroatoms. The second-order valence-corrected chi connectivity index (χ2v) is 5.85. The van der Waals surface area contributed by atoms with Crippen LogP contribution in [0.3, 0.4) is 0 Å². The number of fused-ring (bicyclic) bond motifs is 2. The van der Waals surface area contributed by atoms with Crippen LogP contribution in [0.1, 0.15) is 27.9 Å². The van der Waals surface area contributed by atoms with Crippen LogP contribution in [-0.2, 0) is 12.8 Å². The van der Waals surface area contributed by atoms with Gasteiger partial charge in [-0.05, 0) is 65.4 Å². The zero-order valence-corrected chi connectivity index (χ0v) is 12.3. The van der Waals surface area contributed by atoms with E-state index >= 15 is 0 Å². The number of aryl methyl sites for hydroxylation is 2. The smallest absolute Gasteiger partial charge is 0.255 e. The molecule has 0 saturated heterocycles. The van der Waals surface area contributed by atoms with Gasteiger partial charge in [0, 0.05) is 11.3 Å². The van der Waals surface area contributed by atoms with Gasteiger partial charge in [0.15, 0.2) is 0 Å². The number of benzene rings is 3. The molecule has 0 aliphatic heterocycles. The van der Waals surface area contributed by atoms with Crippen molar-refractivity contribution in [3.05, 3.63) is 77.4 Å². The first-order valence-corrected chi connectivity index (χ1v) is 7.71. The predicted octanol–water partition coefficient (Wildman–Crippen LogP) is 4.58. The van der Waals surface area contributed by atoms with Crippen LogP contribution in [-0.4, -0.2) is 5.91 Å². The average Bonchev–Trinajstić information content (AvgIpc) is 3.02. The summed E-state index contributed by atoms with van der Waals surface area (Å²) in [5, 5.41) is 5.25. The zero-order valence-electron chi connectivity index (χ0n) is 12.3. The third kappa shape index (κ3) is 2.37. The minimum Gasteiger partial charge on any atom is -0.322 e. The van der Waals surface area contributed by atoms with Crippen LogP contribution in [0.15, 0.2) is 60.7 Å². The van der Waals surface area contributed by atoms with Gasteiger partial charge < -0.3 is 5.32 Å². The lowest BCUT2D eigenvalue weighted by atomic mass is 10.1. The highest BCUT2D eigenvalue weighted by atomic mass is 16.1. The number of hydrogen-bond donors (Lipinski definition) is 1. The van der Waals surface area contributed by atoms with E-state index in [4.69, 9.17) is 0 Å². The van der Waals surface area contributed by atoms with Crippen molar-refractivity contribution < 1.29 is 4.79 Å². The Morgan fingerprint density at radius 1 is 0.818 bits per heavy atom. The molecule has 0 bridgehead atoms. The largest absolute Gasteiger partial charge is 0.322 e. The second kappa shape index (κ2) is 5.30. The molecule has 4 rings (SSSR count). The van der Waals surface area contributed by atoms with Gasteiger partial charge in [0.05, 0.1) is 0 Å². The van der Waals surface area contributed by atoms with Gasteiger partial charge in [0.2, 0.25) is 0 Å². The number of amides is 1. The van der Waals surface area contributed by atoms with Gasteiger partial charge in [-0.25, -0.2) is 0 Å². The normalized spacial score (nSPS) is 13.1. The maximum Gasteiger partial charge on any atom is 0.255 e. The molecule has 22 heavy (non-hydrogen) atoms. The molecule has 0 unspecified atom stereocenters. The molecule has 0 fully saturated rings. The third-order valence-corrected chi connectivity index (χ3v) is 4.37. The summed E-state index contributed by atoms with van der Waals surface area (Å²) in [7, 11) is 0. The molecular weight excluding hydrogens is 270 g/mol. The minimum absolute atomic E-state index is 0.0521. The number of rotatable bonds is 2. The SMILES string of the molecule is O=C(Nc1ccc2c(c1)CCC2)c1ccc2ccccc2c1. The van der Waals surface area contributed by atoms with Gasteiger partial charge >= 0.3 is 0 Å². The Labute approximate surface area is 129 Å². The molecule has 0 saturated carbocycles. The van der Waals surface area contributed by atoms with E-state index in [-0.39, 0.29) is 5.91 Å². The first-order chi connectivity index (χ1) is 10.8. The highest BCUT2D eigenvalue weighted by Gasteiger charge is 2.12. The van der Waals surface area contributed by atoms with Crippen LogP contribution < -0.4 is 5.32 Å². The van der Waals surface area contributed by atoms with Crippen LogP contribution >= 0.6 is 0 Å². The fourth-order valence-electron chi connectivity index (χ4n) is 3.18. The van der Waals surface area contributed by atoms with Crippen molar-refractivity contribution in [1.82, 2.24) is 0 Å². The standard InChI is InChI=1S/C20H17NO/c22-20(18-9-8-14-4-1-2-5-16(14)12-18)21-19-11-10-15-6-3-7-17(15)13-19/h1-2,4-5,8-13H,3,6-7H2,(H,21,22). The first kappa shape index (κ1) is 13.1. The van der Waals surface area contributed by atoms with E-state index in [1.165, 1.54) is 17.5 Å². The van der Waals surface area contributed by atoms with Gasteiger partial charge in [0.25, 0.3) is 5.91 Å². The maximum absolute atomic E-state index is 12.4. The van der Waals surface area contributed by atoms with Crippen molar-refractivity contribution in [2.45, 2.75) is 19.3 Å². The fourth-order valence-corrected chi connectivity index (χ4v) is 3.18. The summed E-state index contributed by atoms with van der Waals surface area (Å²) >= 11 is 0. The molecule has 0 atom stereocenters. The van der Waals surface area contributed by atoms with Crippen LogP contribution in [0.25, 0.3) is 10.8 Å². The maximum atomic E-state index is 12.4. The average molecular weight is 287 g/mol. The number of anilines is 1. The van der Waals surface area contributed by atoms with Gasteiger partial charge in [-0.1, -0.05) is 36.4 Å². The molecule has 1 amide bonds.